The van der Waals surface area contributed by atoms with Crippen molar-refractivity contribution in [3.8, 4) is 0 Å². The first kappa shape index (κ1) is 8.79. The average molecular weight is 154 g/mol. The summed E-state index contributed by atoms with van der Waals surface area (Å²) in [4.78, 5) is 0. The molecule has 1 rings (SSSR count). The summed E-state index contributed by atoms with van der Waals surface area (Å²) in [5.41, 5.74) is 1.75. The zero-order chi connectivity index (χ0) is 8.48. The highest BCUT2D eigenvalue weighted by Crippen LogP contribution is 2.35. The Balaban J connectivity index is 2.39. The summed E-state index contributed by atoms with van der Waals surface area (Å²) < 4.78 is 5.28. The first-order valence-corrected chi connectivity index (χ1v) is 4.27. The molecule has 1 aliphatic heterocycles. The van der Waals surface area contributed by atoms with Crippen LogP contribution in [0.3, 0.4) is 0 Å². The second kappa shape index (κ2) is 2.98. The van der Waals surface area contributed by atoms with Gasteiger partial charge in [-0.3, -0.25) is 0 Å². The molecule has 64 valence electrons. The molecule has 0 saturated carbocycles. The molecule has 0 aromatic heterocycles. The Morgan fingerprint density at radius 2 is 2.09 bits per heavy atom. The maximum Gasteiger partial charge on any atom is 0.0863 e. The summed E-state index contributed by atoms with van der Waals surface area (Å²) in [6.45, 7) is 9.78. The van der Waals surface area contributed by atoms with Gasteiger partial charge in [-0.2, -0.15) is 0 Å². The van der Waals surface area contributed by atoms with E-state index in [1.807, 2.05) is 0 Å². The molecular formula is C10H18O. The number of hydrogen-bond donors (Lipinski definition) is 0. The van der Waals surface area contributed by atoms with Crippen molar-refractivity contribution in [2.75, 3.05) is 6.61 Å². The Kier molecular flexibility index (Phi) is 2.38. The molecule has 11 heavy (non-hydrogen) atoms. The van der Waals surface area contributed by atoms with Crippen molar-refractivity contribution < 1.29 is 4.74 Å². The van der Waals surface area contributed by atoms with E-state index in [9.17, 15) is 0 Å². The summed E-state index contributed by atoms with van der Waals surface area (Å²) >= 11 is 0. The molecule has 0 radical (unpaired) electrons. The van der Waals surface area contributed by atoms with Gasteiger partial charge in [0.2, 0.25) is 0 Å². The number of rotatable bonds is 3. The monoisotopic (exact) mass is 154 g/mol. The Labute approximate surface area is 69.4 Å². The molecular weight excluding hydrogens is 136 g/mol. The molecule has 0 aromatic carbocycles. The third-order valence-electron chi connectivity index (χ3n) is 2.24. The van der Waals surface area contributed by atoms with Gasteiger partial charge in [-0.25, -0.2) is 0 Å². The van der Waals surface area contributed by atoms with Crippen molar-refractivity contribution >= 4 is 0 Å². The van der Waals surface area contributed by atoms with Crippen LogP contribution in [0.15, 0.2) is 11.6 Å². The Hall–Kier alpha value is -0.300. The first-order valence-electron chi connectivity index (χ1n) is 4.27. The molecule has 0 aromatic rings. The molecule has 1 aliphatic rings. The SMILES string of the molecule is CC(C)=CCC(C)(C)C1CO1. The second-order valence-corrected chi connectivity index (χ2v) is 4.30. The van der Waals surface area contributed by atoms with Gasteiger partial charge in [-0.15, -0.1) is 0 Å². The van der Waals surface area contributed by atoms with Crippen molar-refractivity contribution in [3.05, 3.63) is 11.6 Å². The van der Waals surface area contributed by atoms with Crippen LogP contribution < -0.4 is 0 Å². The van der Waals surface area contributed by atoms with E-state index in [1.54, 1.807) is 0 Å². The van der Waals surface area contributed by atoms with Gasteiger partial charge in [0.1, 0.15) is 0 Å². The quantitative estimate of drug-likeness (QED) is 0.450. The standard InChI is InChI=1S/C10H18O/c1-8(2)5-6-10(3,4)9-7-11-9/h5,9H,6-7H2,1-4H3. The van der Waals surface area contributed by atoms with Crippen LogP contribution in [0, 0.1) is 5.41 Å². The lowest BCUT2D eigenvalue weighted by molar-refractivity contribution is 0.245. The third kappa shape index (κ3) is 2.66. The van der Waals surface area contributed by atoms with E-state index in [0.717, 1.165) is 13.0 Å². The van der Waals surface area contributed by atoms with Crippen LogP contribution in [-0.4, -0.2) is 12.7 Å². The molecule has 0 aliphatic carbocycles. The number of allylic oxidation sites excluding steroid dienone is 2. The number of epoxide rings is 1. The van der Waals surface area contributed by atoms with E-state index in [2.05, 4.69) is 33.8 Å². The van der Waals surface area contributed by atoms with Crippen molar-refractivity contribution in [2.24, 2.45) is 5.41 Å². The van der Waals surface area contributed by atoms with Crippen molar-refractivity contribution in [3.63, 3.8) is 0 Å². The van der Waals surface area contributed by atoms with Crippen molar-refractivity contribution in [1.82, 2.24) is 0 Å². The lowest BCUT2D eigenvalue weighted by Gasteiger charge is -2.19. The van der Waals surface area contributed by atoms with Gasteiger partial charge < -0.3 is 4.74 Å². The predicted molar refractivity (Wildman–Crippen MR) is 47.6 cm³/mol. The van der Waals surface area contributed by atoms with Gasteiger partial charge in [0.25, 0.3) is 0 Å². The summed E-state index contributed by atoms with van der Waals surface area (Å²) in [6.07, 6.45) is 3.94. The highest BCUT2D eigenvalue weighted by molar-refractivity contribution is 4.99. The zero-order valence-electron chi connectivity index (χ0n) is 7.98. The highest BCUT2D eigenvalue weighted by Gasteiger charge is 2.38. The van der Waals surface area contributed by atoms with Gasteiger partial charge in [0, 0.05) is 0 Å². The fraction of sp³-hybridized carbons (Fsp3) is 0.800. The minimum atomic E-state index is 0.345. The van der Waals surface area contributed by atoms with Crippen LogP contribution in [0.1, 0.15) is 34.1 Å². The molecule has 0 amide bonds. The van der Waals surface area contributed by atoms with Crippen LogP contribution in [-0.2, 0) is 4.74 Å². The topological polar surface area (TPSA) is 12.5 Å². The van der Waals surface area contributed by atoms with E-state index in [4.69, 9.17) is 4.74 Å². The largest absolute Gasteiger partial charge is 0.373 e. The van der Waals surface area contributed by atoms with Gasteiger partial charge in [-0.1, -0.05) is 25.5 Å². The van der Waals surface area contributed by atoms with E-state index in [0.29, 0.717) is 11.5 Å². The van der Waals surface area contributed by atoms with E-state index >= 15 is 0 Å². The fourth-order valence-corrected chi connectivity index (χ4v) is 1.10. The van der Waals surface area contributed by atoms with Crippen LogP contribution in [0.25, 0.3) is 0 Å². The Morgan fingerprint density at radius 3 is 2.45 bits per heavy atom. The molecule has 1 nitrogen and oxygen atoms in total. The minimum Gasteiger partial charge on any atom is -0.373 e. The molecule has 0 N–H and O–H groups in total. The summed E-state index contributed by atoms with van der Waals surface area (Å²) in [5, 5.41) is 0. The smallest absolute Gasteiger partial charge is 0.0863 e. The molecule has 1 heteroatoms. The highest BCUT2D eigenvalue weighted by atomic mass is 16.6. The van der Waals surface area contributed by atoms with E-state index < -0.39 is 0 Å². The third-order valence-corrected chi connectivity index (χ3v) is 2.24. The molecule has 1 saturated heterocycles. The van der Waals surface area contributed by atoms with Crippen molar-refractivity contribution in [2.45, 2.75) is 40.2 Å². The second-order valence-electron chi connectivity index (χ2n) is 4.30. The lowest BCUT2D eigenvalue weighted by Crippen LogP contribution is -2.17. The zero-order valence-corrected chi connectivity index (χ0v) is 7.98. The maximum absolute atomic E-state index is 5.28. The summed E-state index contributed by atoms with van der Waals surface area (Å²) in [6, 6.07) is 0. The van der Waals surface area contributed by atoms with Gasteiger partial charge >= 0.3 is 0 Å². The molecule has 1 unspecified atom stereocenters. The van der Waals surface area contributed by atoms with Crippen molar-refractivity contribution in [1.29, 1.82) is 0 Å². The van der Waals surface area contributed by atoms with Gasteiger partial charge in [0.15, 0.2) is 0 Å². The van der Waals surface area contributed by atoms with E-state index in [1.165, 1.54) is 5.57 Å². The van der Waals surface area contributed by atoms with Gasteiger partial charge in [0.05, 0.1) is 12.7 Å². The van der Waals surface area contributed by atoms with Gasteiger partial charge in [-0.05, 0) is 25.7 Å². The maximum atomic E-state index is 5.28. The molecule has 0 bridgehead atoms. The first-order chi connectivity index (χ1) is 5.02. The van der Waals surface area contributed by atoms with Crippen LogP contribution in [0.5, 0.6) is 0 Å². The summed E-state index contributed by atoms with van der Waals surface area (Å²) in [5.74, 6) is 0. The fourth-order valence-electron chi connectivity index (χ4n) is 1.10. The number of ether oxygens (including phenoxy) is 1. The van der Waals surface area contributed by atoms with Crippen LogP contribution in [0.4, 0.5) is 0 Å². The predicted octanol–water partition coefficient (Wildman–Crippen LogP) is 2.77. The van der Waals surface area contributed by atoms with Crippen LogP contribution >= 0.6 is 0 Å². The molecule has 1 atom stereocenters. The normalized spacial score (nSPS) is 23.1. The van der Waals surface area contributed by atoms with E-state index in [-0.39, 0.29) is 0 Å². The van der Waals surface area contributed by atoms with Crippen LogP contribution in [0.2, 0.25) is 0 Å². The summed E-state index contributed by atoms with van der Waals surface area (Å²) in [7, 11) is 0. The molecule has 1 fully saturated rings. The minimum absolute atomic E-state index is 0.345. The Morgan fingerprint density at radius 1 is 1.55 bits per heavy atom. The molecule has 1 heterocycles. The lowest BCUT2D eigenvalue weighted by atomic mass is 9.85. The molecule has 0 spiro atoms. The Bertz CT molecular complexity index is 160. The number of hydrogen-bond acceptors (Lipinski definition) is 1. The average Bonchev–Trinajstić information content (AvgIpc) is 2.64.